The third-order valence-corrected chi connectivity index (χ3v) is 2.96. The molecule has 1 atom stereocenters. The average molecular weight is 307 g/mol. The van der Waals surface area contributed by atoms with Crippen molar-refractivity contribution in [1.29, 1.82) is 0 Å². The van der Waals surface area contributed by atoms with E-state index in [1.54, 1.807) is 6.92 Å². The summed E-state index contributed by atoms with van der Waals surface area (Å²) in [6.07, 6.45) is -0.562. The molecule has 2 aromatic carbocycles. The van der Waals surface area contributed by atoms with E-state index < -0.39 is 6.10 Å². The topological polar surface area (TPSA) is 29.5 Å². The van der Waals surface area contributed by atoms with E-state index in [1.165, 1.54) is 0 Å². The van der Waals surface area contributed by atoms with Crippen molar-refractivity contribution in [1.82, 2.24) is 0 Å². The number of hydrogen-bond donors (Lipinski definition) is 1. The van der Waals surface area contributed by atoms with E-state index in [0.717, 1.165) is 26.6 Å². The van der Waals surface area contributed by atoms with Crippen molar-refractivity contribution >= 4 is 26.7 Å². The van der Waals surface area contributed by atoms with Crippen LogP contribution < -0.4 is 4.74 Å². The first-order chi connectivity index (χ1) is 8.59. The van der Waals surface area contributed by atoms with Crippen molar-refractivity contribution in [2.75, 3.05) is 6.61 Å². The molecule has 0 aliphatic rings. The minimum atomic E-state index is -0.562. The van der Waals surface area contributed by atoms with E-state index in [9.17, 15) is 5.11 Å². The SMILES string of the molecule is C=C(Br)COc1c([C@H](C)O)ccc2ccccc12. The highest BCUT2D eigenvalue weighted by molar-refractivity contribution is 9.11. The maximum atomic E-state index is 9.82. The van der Waals surface area contributed by atoms with Crippen LogP contribution in [-0.2, 0) is 0 Å². The molecule has 0 aliphatic carbocycles. The van der Waals surface area contributed by atoms with Crippen LogP contribution in [0.15, 0.2) is 47.5 Å². The van der Waals surface area contributed by atoms with Gasteiger partial charge in [0.2, 0.25) is 0 Å². The Bertz CT molecular complexity index is 576. The molecule has 0 spiro atoms. The number of aliphatic hydroxyl groups excluding tert-OH is 1. The molecule has 2 nitrogen and oxygen atoms in total. The summed E-state index contributed by atoms with van der Waals surface area (Å²) in [7, 11) is 0. The van der Waals surface area contributed by atoms with Gasteiger partial charge in [0.05, 0.1) is 6.10 Å². The standard InChI is InChI=1S/C15H15BrO2/c1-10(16)9-18-15-13(11(2)17)8-7-12-5-3-4-6-14(12)15/h3-8,11,17H,1,9H2,2H3/t11-/m0/s1. The van der Waals surface area contributed by atoms with Crippen molar-refractivity contribution < 1.29 is 9.84 Å². The molecule has 2 aromatic rings. The maximum absolute atomic E-state index is 9.82. The van der Waals surface area contributed by atoms with Gasteiger partial charge in [-0.25, -0.2) is 0 Å². The normalized spacial score (nSPS) is 12.4. The minimum absolute atomic E-state index is 0.383. The molecule has 0 saturated carbocycles. The van der Waals surface area contributed by atoms with Gasteiger partial charge in [0.1, 0.15) is 12.4 Å². The molecule has 0 bridgehead atoms. The predicted octanol–water partition coefficient (Wildman–Crippen LogP) is 4.18. The Hall–Kier alpha value is -1.32. The van der Waals surface area contributed by atoms with Gasteiger partial charge in [-0.1, -0.05) is 58.9 Å². The van der Waals surface area contributed by atoms with Crippen LogP contribution in [0.25, 0.3) is 10.8 Å². The van der Waals surface area contributed by atoms with Gasteiger partial charge in [0, 0.05) is 15.4 Å². The number of halogens is 1. The quantitative estimate of drug-likeness (QED) is 0.918. The highest BCUT2D eigenvalue weighted by Gasteiger charge is 2.12. The molecule has 0 unspecified atom stereocenters. The van der Waals surface area contributed by atoms with Crippen LogP contribution in [-0.4, -0.2) is 11.7 Å². The van der Waals surface area contributed by atoms with Gasteiger partial charge >= 0.3 is 0 Å². The maximum Gasteiger partial charge on any atom is 0.133 e. The molecule has 0 aromatic heterocycles. The third-order valence-electron chi connectivity index (χ3n) is 2.73. The number of hydrogen-bond acceptors (Lipinski definition) is 2. The lowest BCUT2D eigenvalue weighted by Crippen LogP contribution is -2.02. The monoisotopic (exact) mass is 306 g/mol. The van der Waals surface area contributed by atoms with Gasteiger partial charge < -0.3 is 9.84 Å². The molecule has 94 valence electrons. The van der Waals surface area contributed by atoms with E-state index in [0.29, 0.717) is 6.61 Å². The zero-order valence-electron chi connectivity index (χ0n) is 10.2. The van der Waals surface area contributed by atoms with Crippen molar-refractivity contribution in [2.45, 2.75) is 13.0 Å². The molecule has 2 rings (SSSR count). The van der Waals surface area contributed by atoms with E-state index in [1.807, 2.05) is 36.4 Å². The Kier molecular flexibility index (Phi) is 4.04. The molecule has 18 heavy (non-hydrogen) atoms. The first-order valence-corrected chi connectivity index (χ1v) is 6.54. The molecule has 0 amide bonds. The van der Waals surface area contributed by atoms with E-state index in [4.69, 9.17) is 4.74 Å². The van der Waals surface area contributed by atoms with Gasteiger partial charge in [-0.15, -0.1) is 0 Å². The molecular formula is C15H15BrO2. The number of benzene rings is 2. The first-order valence-electron chi connectivity index (χ1n) is 5.75. The zero-order chi connectivity index (χ0) is 13.1. The second kappa shape index (κ2) is 5.55. The van der Waals surface area contributed by atoms with E-state index >= 15 is 0 Å². The van der Waals surface area contributed by atoms with Crippen molar-refractivity contribution in [3.63, 3.8) is 0 Å². The summed E-state index contributed by atoms with van der Waals surface area (Å²) in [6.45, 7) is 5.87. The molecular weight excluding hydrogens is 292 g/mol. The summed E-state index contributed by atoms with van der Waals surface area (Å²) in [5.74, 6) is 0.726. The van der Waals surface area contributed by atoms with Crippen LogP contribution in [0.5, 0.6) is 5.75 Å². The van der Waals surface area contributed by atoms with Crippen LogP contribution in [0.1, 0.15) is 18.6 Å². The summed E-state index contributed by atoms with van der Waals surface area (Å²) >= 11 is 3.28. The second-order valence-electron chi connectivity index (χ2n) is 4.19. The summed E-state index contributed by atoms with van der Waals surface area (Å²) in [6, 6.07) is 11.9. The minimum Gasteiger partial charge on any atom is -0.487 e. The highest BCUT2D eigenvalue weighted by Crippen LogP contribution is 2.34. The van der Waals surface area contributed by atoms with Gasteiger partial charge in [0.25, 0.3) is 0 Å². The largest absolute Gasteiger partial charge is 0.487 e. The molecule has 0 saturated heterocycles. The van der Waals surface area contributed by atoms with Crippen LogP contribution in [0.4, 0.5) is 0 Å². The molecule has 3 heteroatoms. The number of fused-ring (bicyclic) bond motifs is 1. The average Bonchev–Trinajstić information content (AvgIpc) is 2.35. The Morgan fingerprint density at radius 3 is 2.72 bits per heavy atom. The highest BCUT2D eigenvalue weighted by atomic mass is 79.9. The van der Waals surface area contributed by atoms with Crippen LogP contribution >= 0.6 is 15.9 Å². The molecule has 0 radical (unpaired) electrons. The molecule has 0 fully saturated rings. The zero-order valence-corrected chi connectivity index (χ0v) is 11.8. The Morgan fingerprint density at radius 1 is 1.33 bits per heavy atom. The lowest BCUT2D eigenvalue weighted by atomic mass is 10.0. The van der Waals surface area contributed by atoms with Crippen LogP contribution in [0.3, 0.4) is 0 Å². The van der Waals surface area contributed by atoms with E-state index in [2.05, 4.69) is 22.5 Å². The fourth-order valence-corrected chi connectivity index (χ4v) is 2.01. The van der Waals surface area contributed by atoms with Crippen LogP contribution in [0.2, 0.25) is 0 Å². The van der Waals surface area contributed by atoms with E-state index in [-0.39, 0.29) is 0 Å². The molecule has 0 heterocycles. The number of ether oxygens (including phenoxy) is 1. The Labute approximate surface area is 115 Å². The van der Waals surface area contributed by atoms with Gasteiger partial charge in [-0.3, -0.25) is 0 Å². The summed E-state index contributed by atoms with van der Waals surface area (Å²) < 4.78 is 6.54. The van der Waals surface area contributed by atoms with Gasteiger partial charge in [0.15, 0.2) is 0 Å². The summed E-state index contributed by atoms with van der Waals surface area (Å²) in [5, 5.41) is 11.9. The lowest BCUT2D eigenvalue weighted by Gasteiger charge is -2.15. The lowest BCUT2D eigenvalue weighted by molar-refractivity contribution is 0.193. The Balaban J connectivity index is 2.55. The van der Waals surface area contributed by atoms with Crippen molar-refractivity contribution in [3.05, 3.63) is 53.0 Å². The first kappa shape index (κ1) is 13.1. The van der Waals surface area contributed by atoms with Gasteiger partial charge in [-0.05, 0) is 12.3 Å². The third kappa shape index (κ3) is 2.74. The summed E-state index contributed by atoms with van der Waals surface area (Å²) in [4.78, 5) is 0. The van der Waals surface area contributed by atoms with Gasteiger partial charge in [-0.2, -0.15) is 0 Å². The van der Waals surface area contributed by atoms with Crippen molar-refractivity contribution in [2.24, 2.45) is 0 Å². The molecule has 1 N–H and O–H groups in total. The number of aliphatic hydroxyl groups is 1. The Morgan fingerprint density at radius 2 is 2.06 bits per heavy atom. The fraction of sp³-hybridized carbons (Fsp3) is 0.200. The smallest absolute Gasteiger partial charge is 0.133 e. The predicted molar refractivity (Wildman–Crippen MR) is 78.1 cm³/mol. The summed E-state index contributed by atoms with van der Waals surface area (Å²) in [5.41, 5.74) is 0.794. The van der Waals surface area contributed by atoms with Crippen LogP contribution in [0, 0.1) is 0 Å². The number of rotatable bonds is 4. The molecule has 0 aliphatic heterocycles. The van der Waals surface area contributed by atoms with Crippen molar-refractivity contribution in [3.8, 4) is 5.75 Å². The fourth-order valence-electron chi connectivity index (χ4n) is 1.90. The second-order valence-corrected chi connectivity index (χ2v) is 5.31.